The molecule has 2 amide bonds. The highest BCUT2D eigenvalue weighted by Gasteiger charge is 2.50. The van der Waals surface area contributed by atoms with Crippen LogP contribution in [0.3, 0.4) is 0 Å². The van der Waals surface area contributed by atoms with Crippen molar-refractivity contribution in [2.45, 2.75) is 31.8 Å². The van der Waals surface area contributed by atoms with Crippen LogP contribution in [0.1, 0.15) is 45.7 Å². The number of hydrogen-bond donors (Lipinski definition) is 1. The Morgan fingerprint density at radius 3 is 2.94 bits per heavy atom. The van der Waals surface area contributed by atoms with Gasteiger partial charge in [0.15, 0.2) is 0 Å². The molecule has 166 valence electrons. The van der Waals surface area contributed by atoms with Gasteiger partial charge in [0.05, 0.1) is 22.7 Å². The number of halogens is 2. The van der Waals surface area contributed by atoms with Crippen LogP contribution in [0.2, 0.25) is 5.02 Å². The lowest BCUT2D eigenvalue weighted by atomic mass is 9.65. The molecular formula is C23H22ClFN4O3. The molecule has 0 atom stereocenters. The summed E-state index contributed by atoms with van der Waals surface area (Å²) >= 11 is 6.03. The number of rotatable bonds is 5. The number of carbonyl (C=O) groups is 2. The molecule has 3 heterocycles. The van der Waals surface area contributed by atoms with Gasteiger partial charge in [-0.25, -0.2) is 4.39 Å². The van der Waals surface area contributed by atoms with Gasteiger partial charge in [0.2, 0.25) is 0 Å². The van der Waals surface area contributed by atoms with E-state index in [9.17, 15) is 14.0 Å². The van der Waals surface area contributed by atoms with E-state index in [2.05, 4.69) is 10.4 Å². The molecule has 1 saturated heterocycles. The lowest BCUT2D eigenvalue weighted by Crippen LogP contribution is -2.52. The van der Waals surface area contributed by atoms with Crippen molar-refractivity contribution in [3.8, 4) is 0 Å². The first-order chi connectivity index (χ1) is 15.4. The SMILES string of the molecule is O=C(NC1CC2(CCN(C(=O)c3coc(Cn4cccn4)c3)C2)C1)c1cc(F)ccc1Cl. The van der Waals surface area contributed by atoms with Crippen molar-refractivity contribution in [2.75, 3.05) is 13.1 Å². The fourth-order valence-electron chi connectivity index (χ4n) is 4.78. The molecule has 0 unspecified atom stereocenters. The molecule has 1 aliphatic heterocycles. The molecule has 0 bridgehead atoms. The average molecular weight is 457 g/mol. The lowest BCUT2D eigenvalue weighted by molar-refractivity contribution is 0.0609. The van der Waals surface area contributed by atoms with Crippen LogP contribution in [0.4, 0.5) is 4.39 Å². The molecule has 1 saturated carbocycles. The van der Waals surface area contributed by atoms with Crippen LogP contribution >= 0.6 is 11.6 Å². The molecule has 2 aromatic heterocycles. The fraction of sp³-hybridized carbons (Fsp3) is 0.348. The maximum Gasteiger partial charge on any atom is 0.257 e. The van der Waals surface area contributed by atoms with Gasteiger partial charge in [0.1, 0.15) is 17.8 Å². The quantitative estimate of drug-likeness (QED) is 0.634. The zero-order valence-corrected chi connectivity index (χ0v) is 18.0. The standard InChI is InChI=1S/C23H22ClFN4O3/c24-20-3-2-16(25)9-19(20)21(30)27-17-10-23(11-17)4-7-28(14-23)22(31)15-8-18(32-13-15)12-29-6-1-5-26-29/h1-3,5-6,8-9,13,17H,4,7,10-12,14H2,(H,27,30). The van der Waals surface area contributed by atoms with E-state index >= 15 is 0 Å². The van der Waals surface area contributed by atoms with E-state index in [-0.39, 0.29) is 33.9 Å². The maximum atomic E-state index is 13.4. The largest absolute Gasteiger partial charge is 0.467 e. The Kier molecular flexibility index (Phi) is 5.25. The highest BCUT2D eigenvalue weighted by molar-refractivity contribution is 6.33. The highest BCUT2D eigenvalue weighted by atomic mass is 35.5. The summed E-state index contributed by atoms with van der Waals surface area (Å²) in [6, 6.07) is 7.34. The predicted molar refractivity (Wildman–Crippen MR) is 115 cm³/mol. The van der Waals surface area contributed by atoms with Crippen LogP contribution in [-0.4, -0.2) is 45.6 Å². The minimum absolute atomic E-state index is 0.00788. The molecule has 2 fully saturated rings. The van der Waals surface area contributed by atoms with Gasteiger partial charge in [0, 0.05) is 31.5 Å². The van der Waals surface area contributed by atoms with E-state index in [1.165, 1.54) is 18.4 Å². The Morgan fingerprint density at radius 1 is 1.31 bits per heavy atom. The number of nitrogens with one attached hydrogen (secondary N) is 1. The first-order valence-electron chi connectivity index (χ1n) is 10.5. The van der Waals surface area contributed by atoms with E-state index in [4.69, 9.17) is 16.0 Å². The molecule has 5 rings (SSSR count). The summed E-state index contributed by atoms with van der Waals surface area (Å²) in [6.45, 7) is 1.80. The van der Waals surface area contributed by atoms with Crippen molar-refractivity contribution in [1.29, 1.82) is 0 Å². The molecule has 1 N–H and O–H groups in total. The van der Waals surface area contributed by atoms with E-state index in [0.717, 1.165) is 25.3 Å². The van der Waals surface area contributed by atoms with Gasteiger partial charge in [-0.15, -0.1) is 0 Å². The van der Waals surface area contributed by atoms with Gasteiger partial charge in [-0.1, -0.05) is 11.6 Å². The van der Waals surface area contributed by atoms with Crippen molar-refractivity contribution in [1.82, 2.24) is 20.0 Å². The minimum Gasteiger partial charge on any atom is -0.467 e. The van der Waals surface area contributed by atoms with Crippen LogP contribution in [0, 0.1) is 11.2 Å². The molecule has 32 heavy (non-hydrogen) atoms. The van der Waals surface area contributed by atoms with Gasteiger partial charge in [-0.05, 0) is 55.0 Å². The van der Waals surface area contributed by atoms with Gasteiger partial charge in [0.25, 0.3) is 11.8 Å². The molecule has 0 radical (unpaired) electrons. The topological polar surface area (TPSA) is 80.4 Å². The number of amides is 2. The zero-order chi connectivity index (χ0) is 22.3. The molecular weight excluding hydrogens is 435 g/mol. The third kappa shape index (κ3) is 4.02. The second-order valence-electron chi connectivity index (χ2n) is 8.68. The summed E-state index contributed by atoms with van der Waals surface area (Å²) in [5.41, 5.74) is 0.692. The molecule has 9 heteroatoms. The Bertz CT molecular complexity index is 1150. The Balaban J connectivity index is 1.15. The molecule has 3 aromatic rings. The lowest BCUT2D eigenvalue weighted by Gasteiger charge is -2.45. The zero-order valence-electron chi connectivity index (χ0n) is 17.3. The molecule has 1 aromatic carbocycles. The highest BCUT2D eigenvalue weighted by Crippen LogP contribution is 2.48. The minimum atomic E-state index is -0.499. The summed E-state index contributed by atoms with van der Waals surface area (Å²) in [4.78, 5) is 27.2. The molecule has 1 aliphatic carbocycles. The van der Waals surface area contributed by atoms with Gasteiger partial charge in [-0.3, -0.25) is 14.3 Å². The van der Waals surface area contributed by atoms with Crippen LogP contribution in [-0.2, 0) is 6.54 Å². The number of likely N-dealkylation sites (tertiary alicyclic amines) is 1. The third-order valence-electron chi connectivity index (χ3n) is 6.37. The van der Waals surface area contributed by atoms with Gasteiger partial charge >= 0.3 is 0 Å². The Morgan fingerprint density at radius 2 is 2.16 bits per heavy atom. The van der Waals surface area contributed by atoms with Gasteiger partial charge in [-0.2, -0.15) is 5.10 Å². The predicted octanol–water partition coefficient (Wildman–Crippen LogP) is 3.74. The summed E-state index contributed by atoms with van der Waals surface area (Å²) in [5.74, 6) is -0.241. The van der Waals surface area contributed by atoms with Crippen molar-refractivity contribution in [2.24, 2.45) is 5.41 Å². The number of aromatic nitrogens is 2. The first kappa shape index (κ1) is 20.8. The Labute approximate surface area is 189 Å². The van der Waals surface area contributed by atoms with Crippen LogP contribution < -0.4 is 5.32 Å². The molecule has 2 aliphatic rings. The summed E-state index contributed by atoms with van der Waals surface area (Å²) in [7, 11) is 0. The van der Waals surface area contributed by atoms with Crippen molar-refractivity contribution in [3.63, 3.8) is 0 Å². The fourth-order valence-corrected chi connectivity index (χ4v) is 4.98. The van der Waals surface area contributed by atoms with E-state index in [1.54, 1.807) is 16.9 Å². The van der Waals surface area contributed by atoms with Crippen LogP contribution in [0.25, 0.3) is 0 Å². The van der Waals surface area contributed by atoms with Crippen LogP contribution in [0.15, 0.2) is 53.4 Å². The maximum absolute atomic E-state index is 13.4. The van der Waals surface area contributed by atoms with E-state index in [1.807, 2.05) is 17.2 Å². The average Bonchev–Trinajstić information content (AvgIpc) is 3.50. The van der Waals surface area contributed by atoms with Crippen molar-refractivity contribution >= 4 is 23.4 Å². The summed E-state index contributed by atoms with van der Waals surface area (Å²) < 4.78 is 20.7. The second-order valence-corrected chi connectivity index (χ2v) is 9.09. The first-order valence-corrected chi connectivity index (χ1v) is 10.9. The molecule has 7 nitrogen and oxygen atoms in total. The number of furan rings is 1. The summed E-state index contributed by atoms with van der Waals surface area (Å²) in [5, 5.41) is 7.30. The number of carbonyl (C=O) groups excluding carboxylic acids is 2. The van der Waals surface area contributed by atoms with Crippen molar-refractivity contribution in [3.05, 3.63) is 76.7 Å². The smallest absolute Gasteiger partial charge is 0.257 e. The molecule has 1 spiro atoms. The van der Waals surface area contributed by atoms with E-state index in [0.29, 0.717) is 31.0 Å². The number of hydrogen-bond acceptors (Lipinski definition) is 4. The van der Waals surface area contributed by atoms with E-state index < -0.39 is 5.82 Å². The monoisotopic (exact) mass is 456 g/mol. The van der Waals surface area contributed by atoms with Crippen molar-refractivity contribution < 1.29 is 18.4 Å². The normalized spacial score (nSPS) is 22.2. The van der Waals surface area contributed by atoms with Crippen LogP contribution in [0.5, 0.6) is 0 Å². The van der Waals surface area contributed by atoms with Gasteiger partial charge < -0.3 is 14.6 Å². The summed E-state index contributed by atoms with van der Waals surface area (Å²) in [6.07, 6.45) is 7.49. The second kappa shape index (κ2) is 8.09. The number of benzene rings is 1. The third-order valence-corrected chi connectivity index (χ3v) is 6.70. The Hall–Kier alpha value is -3.13. The number of nitrogens with zero attached hydrogens (tertiary/aromatic N) is 3.